The van der Waals surface area contributed by atoms with Gasteiger partial charge < -0.3 is 5.32 Å². The smallest absolute Gasteiger partial charge is 0.168 e. The third kappa shape index (κ3) is 10.4. The number of benzene rings is 1. The SMILES string of the molecule is C=C=C=C=C=C=C=C.C=C=C=C=CN=C.Clc1ccc(-n2ncc3c(NCc4ccccn4)ncnc32)cc1. The van der Waals surface area contributed by atoms with E-state index in [1.165, 1.54) is 12.5 Å². The number of rotatable bonds is 5. The lowest BCUT2D eigenvalue weighted by atomic mass is 10.3. The van der Waals surface area contributed by atoms with Gasteiger partial charge in [-0.25, -0.2) is 14.6 Å². The Morgan fingerprint density at radius 2 is 1.62 bits per heavy atom. The van der Waals surface area contributed by atoms with Gasteiger partial charge in [0.1, 0.15) is 12.1 Å². The highest BCUT2D eigenvalue weighted by atomic mass is 35.5. The maximum absolute atomic E-state index is 5.94. The van der Waals surface area contributed by atoms with Gasteiger partial charge in [0.25, 0.3) is 0 Å². The van der Waals surface area contributed by atoms with Crippen molar-refractivity contribution in [1.29, 1.82) is 0 Å². The lowest BCUT2D eigenvalue weighted by Crippen LogP contribution is -2.04. The standard InChI is InChI=1S/C17H13ClN6.C8H4.C6H5N/c18-12-4-6-14(7-5-12)24-17-15(10-23-24)16(21-11-22-17)20-9-13-3-1-2-8-19-13;1-3-5-7-8-6-4-2;1-3-4-5-6-7-2/h1-8,10-11H,9H2,(H,20,21,22);1-2H2;6H,1-2H2. The second kappa shape index (κ2) is 17.6. The number of aromatic nitrogens is 5. The number of nitrogens with one attached hydrogen (secondary N) is 1. The average Bonchev–Trinajstić information content (AvgIpc) is 3.41. The van der Waals surface area contributed by atoms with Crippen molar-refractivity contribution in [2.45, 2.75) is 6.54 Å². The third-order valence-corrected chi connectivity index (χ3v) is 4.53. The lowest BCUT2D eigenvalue weighted by molar-refractivity contribution is 0.895. The van der Waals surface area contributed by atoms with Gasteiger partial charge in [-0.1, -0.05) is 34.9 Å². The zero-order chi connectivity index (χ0) is 28.1. The Kier molecular flexibility index (Phi) is 13.3. The number of pyridine rings is 1. The van der Waals surface area contributed by atoms with E-state index in [0.717, 1.165) is 28.2 Å². The zero-order valence-corrected chi connectivity index (χ0v) is 21.7. The van der Waals surface area contributed by atoms with Crippen molar-refractivity contribution in [1.82, 2.24) is 24.7 Å². The van der Waals surface area contributed by atoms with Crippen LogP contribution in [0.5, 0.6) is 0 Å². The van der Waals surface area contributed by atoms with E-state index in [9.17, 15) is 0 Å². The van der Waals surface area contributed by atoms with Gasteiger partial charge in [0.05, 0.1) is 35.7 Å². The molecule has 0 radical (unpaired) electrons. The molecule has 4 aromatic rings. The third-order valence-electron chi connectivity index (χ3n) is 4.28. The van der Waals surface area contributed by atoms with E-state index >= 15 is 0 Å². The first-order valence-electron chi connectivity index (χ1n) is 11.1. The summed E-state index contributed by atoms with van der Waals surface area (Å²) < 4.78 is 1.76. The summed E-state index contributed by atoms with van der Waals surface area (Å²) >= 11 is 5.94. The summed E-state index contributed by atoms with van der Waals surface area (Å²) in [5.41, 5.74) is 24.4. The van der Waals surface area contributed by atoms with E-state index in [4.69, 9.17) is 11.6 Å². The summed E-state index contributed by atoms with van der Waals surface area (Å²) in [6.07, 6.45) is 6.44. The topological polar surface area (TPSA) is 80.9 Å². The van der Waals surface area contributed by atoms with Gasteiger partial charge in [0.15, 0.2) is 5.65 Å². The van der Waals surface area contributed by atoms with E-state index in [1.54, 1.807) is 17.1 Å². The van der Waals surface area contributed by atoms with Crippen molar-refractivity contribution >= 4 is 35.2 Å². The number of hydrogen-bond donors (Lipinski definition) is 1. The molecule has 3 aromatic heterocycles. The Balaban J connectivity index is 0.000000295. The fourth-order valence-corrected chi connectivity index (χ4v) is 2.84. The summed E-state index contributed by atoms with van der Waals surface area (Å²) in [4.78, 5) is 16.3. The van der Waals surface area contributed by atoms with Crippen LogP contribution >= 0.6 is 11.6 Å². The molecule has 0 atom stereocenters. The first-order valence-corrected chi connectivity index (χ1v) is 11.4. The second-order valence-electron chi connectivity index (χ2n) is 6.78. The zero-order valence-electron chi connectivity index (χ0n) is 20.9. The molecule has 39 heavy (non-hydrogen) atoms. The van der Waals surface area contributed by atoms with Crippen LogP contribution in [0.1, 0.15) is 5.69 Å². The molecule has 8 heteroatoms. The first kappa shape index (κ1) is 29.4. The van der Waals surface area contributed by atoms with Crippen LogP contribution in [0.2, 0.25) is 5.02 Å². The Morgan fingerprint density at radius 1 is 0.897 bits per heavy atom. The van der Waals surface area contributed by atoms with Crippen molar-refractivity contribution in [2.24, 2.45) is 4.99 Å². The van der Waals surface area contributed by atoms with Crippen LogP contribution in [-0.2, 0) is 6.54 Å². The largest absolute Gasteiger partial charge is 0.364 e. The molecule has 0 aliphatic carbocycles. The lowest BCUT2D eigenvalue weighted by Gasteiger charge is -2.06. The van der Waals surface area contributed by atoms with Crippen molar-refractivity contribution in [3.63, 3.8) is 0 Å². The van der Waals surface area contributed by atoms with E-state index in [0.29, 0.717) is 11.6 Å². The Hall–Kier alpha value is -5.82. The van der Waals surface area contributed by atoms with Crippen molar-refractivity contribution in [3.05, 3.63) is 149 Å². The van der Waals surface area contributed by atoms with Crippen LogP contribution in [0, 0.1) is 0 Å². The van der Waals surface area contributed by atoms with Crippen LogP contribution < -0.4 is 5.32 Å². The van der Waals surface area contributed by atoms with Gasteiger partial charge in [0.2, 0.25) is 0 Å². The minimum Gasteiger partial charge on any atom is -0.364 e. The Bertz CT molecular complexity index is 1720. The molecular formula is C31H22ClN7. The maximum atomic E-state index is 5.94. The highest BCUT2D eigenvalue weighted by Gasteiger charge is 2.11. The molecule has 0 aliphatic rings. The van der Waals surface area contributed by atoms with Crippen LogP contribution in [-0.4, -0.2) is 31.4 Å². The predicted molar refractivity (Wildman–Crippen MR) is 156 cm³/mol. The molecule has 0 bridgehead atoms. The molecule has 0 saturated heterocycles. The molecule has 0 saturated carbocycles. The molecular weight excluding hydrogens is 506 g/mol. The van der Waals surface area contributed by atoms with Crippen LogP contribution in [0.25, 0.3) is 16.7 Å². The molecule has 4 rings (SSSR count). The molecule has 188 valence electrons. The van der Waals surface area contributed by atoms with Crippen LogP contribution in [0.4, 0.5) is 5.82 Å². The number of aliphatic imine (C=N–C) groups is 1. The van der Waals surface area contributed by atoms with Gasteiger partial charge in [-0.05, 0) is 97.2 Å². The monoisotopic (exact) mass is 527 g/mol. The number of hydrogen-bond acceptors (Lipinski definition) is 6. The molecule has 0 unspecified atom stereocenters. The number of nitrogens with zero attached hydrogens (tertiary/aromatic N) is 6. The predicted octanol–water partition coefficient (Wildman–Crippen LogP) is 6.50. The normalized spacial score (nSPS) is 8.23. The van der Waals surface area contributed by atoms with Crippen molar-refractivity contribution < 1.29 is 0 Å². The van der Waals surface area contributed by atoms with Gasteiger partial charge in [-0.2, -0.15) is 5.10 Å². The maximum Gasteiger partial charge on any atom is 0.168 e. The van der Waals surface area contributed by atoms with E-state index in [1.807, 2.05) is 42.5 Å². The number of fused-ring (bicyclic) bond motifs is 1. The molecule has 1 aromatic carbocycles. The fourth-order valence-electron chi connectivity index (χ4n) is 2.71. The van der Waals surface area contributed by atoms with Crippen molar-refractivity contribution in [2.75, 3.05) is 5.32 Å². The van der Waals surface area contributed by atoms with Crippen molar-refractivity contribution in [3.8, 4) is 5.69 Å². The van der Waals surface area contributed by atoms with E-state index in [2.05, 4.69) is 108 Å². The Morgan fingerprint density at radius 3 is 2.23 bits per heavy atom. The highest BCUT2D eigenvalue weighted by molar-refractivity contribution is 6.30. The minimum absolute atomic E-state index is 0.582. The summed E-state index contributed by atoms with van der Waals surface area (Å²) in [7, 11) is 0. The summed E-state index contributed by atoms with van der Waals surface area (Å²) in [6.45, 7) is 13.5. The van der Waals surface area contributed by atoms with E-state index in [-0.39, 0.29) is 0 Å². The minimum atomic E-state index is 0.582. The quantitative estimate of drug-likeness (QED) is 0.236. The summed E-state index contributed by atoms with van der Waals surface area (Å²) in [6, 6.07) is 13.3. The summed E-state index contributed by atoms with van der Waals surface area (Å²) in [5.74, 6) is 0.728. The Labute approximate surface area is 231 Å². The van der Waals surface area contributed by atoms with Gasteiger partial charge in [-0.3, -0.25) is 9.98 Å². The summed E-state index contributed by atoms with van der Waals surface area (Å²) in [5, 5.41) is 9.25. The molecule has 0 aliphatic heterocycles. The second-order valence-corrected chi connectivity index (χ2v) is 7.21. The molecule has 0 fully saturated rings. The first-order chi connectivity index (χ1) is 19.1. The van der Waals surface area contributed by atoms with E-state index < -0.39 is 0 Å². The van der Waals surface area contributed by atoms with Gasteiger partial charge >= 0.3 is 0 Å². The van der Waals surface area contributed by atoms with Gasteiger partial charge in [-0.15, -0.1) is 0 Å². The highest BCUT2D eigenvalue weighted by Crippen LogP contribution is 2.22. The molecule has 1 N–H and O–H groups in total. The van der Waals surface area contributed by atoms with Crippen LogP contribution in [0.3, 0.4) is 0 Å². The number of halogens is 1. The average molecular weight is 528 g/mol. The molecule has 0 amide bonds. The fraction of sp³-hybridized carbons (Fsp3) is 0.0323. The van der Waals surface area contributed by atoms with Gasteiger partial charge in [0, 0.05) is 11.2 Å². The molecule has 0 spiro atoms. The molecule has 7 nitrogen and oxygen atoms in total. The molecule has 3 heterocycles. The number of anilines is 1. The van der Waals surface area contributed by atoms with Crippen LogP contribution in [0.15, 0.2) is 144 Å².